The third-order valence-electron chi connectivity index (χ3n) is 2.59. The molecule has 3 N–H and O–H groups in total. The van der Waals surface area contributed by atoms with Crippen molar-refractivity contribution < 1.29 is 24.9 Å². The summed E-state index contributed by atoms with van der Waals surface area (Å²) in [7, 11) is 1.60. The molecule has 0 bridgehead atoms. The SMILES string of the molecule is COc1ccc(CSC[C@H](CC(O)O)C(=O)O)cc1. The Morgan fingerprint density at radius 1 is 1.32 bits per heavy atom. The van der Waals surface area contributed by atoms with Gasteiger partial charge in [-0.2, -0.15) is 11.8 Å². The molecule has 0 saturated carbocycles. The van der Waals surface area contributed by atoms with Crippen LogP contribution in [0.5, 0.6) is 5.75 Å². The van der Waals surface area contributed by atoms with Crippen molar-refractivity contribution in [1.29, 1.82) is 0 Å². The van der Waals surface area contributed by atoms with E-state index < -0.39 is 18.2 Å². The lowest BCUT2D eigenvalue weighted by atomic mass is 10.1. The van der Waals surface area contributed by atoms with Gasteiger partial charge in [0.25, 0.3) is 0 Å². The lowest BCUT2D eigenvalue weighted by Gasteiger charge is -2.13. The van der Waals surface area contributed by atoms with E-state index in [1.807, 2.05) is 24.3 Å². The van der Waals surface area contributed by atoms with Crippen LogP contribution in [0.25, 0.3) is 0 Å². The Morgan fingerprint density at radius 3 is 2.42 bits per heavy atom. The fourth-order valence-corrected chi connectivity index (χ4v) is 2.64. The van der Waals surface area contributed by atoms with Gasteiger partial charge in [-0.1, -0.05) is 12.1 Å². The summed E-state index contributed by atoms with van der Waals surface area (Å²) in [5, 5.41) is 26.6. The Balaban J connectivity index is 2.40. The Hall–Kier alpha value is -1.24. The molecule has 0 fully saturated rings. The monoisotopic (exact) mass is 286 g/mol. The quantitative estimate of drug-likeness (QED) is 0.625. The van der Waals surface area contributed by atoms with Crippen LogP contribution in [0.15, 0.2) is 24.3 Å². The number of methoxy groups -OCH3 is 1. The molecule has 1 aromatic carbocycles. The topological polar surface area (TPSA) is 87.0 Å². The van der Waals surface area contributed by atoms with E-state index in [-0.39, 0.29) is 6.42 Å². The van der Waals surface area contributed by atoms with Gasteiger partial charge in [0.1, 0.15) is 5.75 Å². The van der Waals surface area contributed by atoms with Crippen molar-refractivity contribution in [1.82, 2.24) is 0 Å². The summed E-state index contributed by atoms with van der Waals surface area (Å²) in [6.45, 7) is 0. The largest absolute Gasteiger partial charge is 0.497 e. The number of carbonyl (C=O) groups is 1. The summed E-state index contributed by atoms with van der Waals surface area (Å²) in [4.78, 5) is 10.9. The molecule has 0 aromatic heterocycles. The lowest BCUT2D eigenvalue weighted by Crippen LogP contribution is -2.22. The van der Waals surface area contributed by atoms with E-state index in [4.69, 9.17) is 20.1 Å². The number of hydrogen-bond acceptors (Lipinski definition) is 5. The molecule has 6 heteroatoms. The lowest BCUT2D eigenvalue weighted by molar-refractivity contribution is -0.144. The van der Waals surface area contributed by atoms with Crippen LogP contribution in [-0.4, -0.2) is 40.4 Å². The summed E-state index contributed by atoms with van der Waals surface area (Å²) in [6.07, 6.45) is -1.73. The average molecular weight is 286 g/mol. The molecule has 1 rings (SSSR count). The van der Waals surface area contributed by atoms with Gasteiger partial charge in [-0.15, -0.1) is 0 Å². The zero-order valence-electron chi connectivity index (χ0n) is 10.7. The molecule has 0 aliphatic carbocycles. The van der Waals surface area contributed by atoms with Gasteiger partial charge in [0.2, 0.25) is 0 Å². The first-order chi connectivity index (χ1) is 9.02. The summed E-state index contributed by atoms with van der Waals surface area (Å²) in [6, 6.07) is 7.54. The van der Waals surface area contributed by atoms with Gasteiger partial charge in [0.05, 0.1) is 13.0 Å². The number of carboxylic acid groups (broad SMARTS) is 1. The van der Waals surface area contributed by atoms with Crippen molar-refractivity contribution >= 4 is 17.7 Å². The van der Waals surface area contributed by atoms with Crippen molar-refractivity contribution in [3.63, 3.8) is 0 Å². The van der Waals surface area contributed by atoms with E-state index in [0.717, 1.165) is 11.3 Å². The molecule has 19 heavy (non-hydrogen) atoms. The zero-order valence-corrected chi connectivity index (χ0v) is 11.5. The van der Waals surface area contributed by atoms with Crippen molar-refractivity contribution in [2.45, 2.75) is 18.5 Å². The molecule has 0 spiro atoms. The maximum Gasteiger partial charge on any atom is 0.307 e. The summed E-state index contributed by atoms with van der Waals surface area (Å²) in [5.74, 6) is 0.0491. The van der Waals surface area contributed by atoms with E-state index in [1.54, 1.807) is 7.11 Å². The highest BCUT2D eigenvalue weighted by Crippen LogP contribution is 2.20. The van der Waals surface area contributed by atoms with Crippen LogP contribution in [0.2, 0.25) is 0 Å². The van der Waals surface area contributed by atoms with Crippen LogP contribution >= 0.6 is 11.8 Å². The minimum Gasteiger partial charge on any atom is -0.497 e. The van der Waals surface area contributed by atoms with Crippen LogP contribution < -0.4 is 4.74 Å². The zero-order chi connectivity index (χ0) is 14.3. The predicted molar refractivity (Wildman–Crippen MR) is 73.1 cm³/mol. The molecule has 0 aliphatic rings. The molecule has 0 unspecified atom stereocenters. The second kappa shape index (κ2) is 8.04. The molecule has 0 amide bonds. The van der Waals surface area contributed by atoms with E-state index in [9.17, 15) is 4.79 Å². The number of aliphatic hydroxyl groups is 2. The van der Waals surface area contributed by atoms with E-state index >= 15 is 0 Å². The number of aliphatic carboxylic acids is 1. The maximum atomic E-state index is 10.9. The molecule has 106 valence electrons. The number of carboxylic acids is 1. The molecule has 5 nitrogen and oxygen atoms in total. The first-order valence-electron chi connectivity index (χ1n) is 5.82. The maximum absolute atomic E-state index is 10.9. The van der Waals surface area contributed by atoms with Crippen molar-refractivity contribution in [3.8, 4) is 5.75 Å². The molecule has 0 heterocycles. The van der Waals surface area contributed by atoms with Crippen LogP contribution in [-0.2, 0) is 10.5 Å². The van der Waals surface area contributed by atoms with Crippen molar-refractivity contribution in [3.05, 3.63) is 29.8 Å². The number of rotatable bonds is 8. The fraction of sp³-hybridized carbons (Fsp3) is 0.462. The van der Waals surface area contributed by atoms with E-state index in [2.05, 4.69) is 0 Å². The Labute approximate surface area is 116 Å². The Kier molecular flexibility index (Phi) is 6.69. The highest BCUT2D eigenvalue weighted by Gasteiger charge is 2.20. The molecule has 1 atom stereocenters. The smallest absolute Gasteiger partial charge is 0.307 e. The molecular weight excluding hydrogens is 268 g/mol. The van der Waals surface area contributed by atoms with Crippen molar-refractivity contribution in [2.24, 2.45) is 5.92 Å². The van der Waals surface area contributed by atoms with Crippen LogP contribution in [0.1, 0.15) is 12.0 Å². The van der Waals surface area contributed by atoms with E-state index in [1.165, 1.54) is 11.8 Å². The van der Waals surface area contributed by atoms with Gasteiger partial charge < -0.3 is 20.1 Å². The minimum atomic E-state index is -1.58. The van der Waals surface area contributed by atoms with Gasteiger partial charge >= 0.3 is 5.97 Å². The summed E-state index contributed by atoms with van der Waals surface area (Å²) < 4.78 is 5.05. The second-order valence-corrected chi connectivity index (χ2v) is 5.14. The molecule has 0 aliphatic heterocycles. The summed E-state index contributed by atoms with van der Waals surface area (Å²) in [5.41, 5.74) is 1.07. The van der Waals surface area contributed by atoms with Gasteiger partial charge in [-0.3, -0.25) is 4.79 Å². The first-order valence-corrected chi connectivity index (χ1v) is 6.98. The second-order valence-electron chi connectivity index (χ2n) is 4.11. The van der Waals surface area contributed by atoms with Crippen LogP contribution in [0.3, 0.4) is 0 Å². The number of benzene rings is 1. The van der Waals surface area contributed by atoms with Crippen LogP contribution in [0.4, 0.5) is 0 Å². The number of hydrogen-bond donors (Lipinski definition) is 3. The third kappa shape index (κ3) is 5.96. The van der Waals surface area contributed by atoms with E-state index in [0.29, 0.717) is 11.5 Å². The predicted octanol–water partition coefficient (Wildman–Crippen LogP) is 1.33. The van der Waals surface area contributed by atoms with Gasteiger partial charge in [0, 0.05) is 17.9 Å². The normalized spacial score (nSPS) is 12.4. The third-order valence-corrected chi connectivity index (χ3v) is 3.77. The number of ether oxygens (including phenoxy) is 1. The van der Waals surface area contributed by atoms with Gasteiger partial charge in [0.15, 0.2) is 6.29 Å². The average Bonchev–Trinajstić information content (AvgIpc) is 2.37. The van der Waals surface area contributed by atoms with Crippen LogP contribution in [0, 0.1) is 5.92 Å². The van der Waals surface area contributed by atoms with Crippen molar-refractivity contribution in [2.75, 3.05) is 12.9 Å². The highest BCUT2D eigenvalue weighted by molar-refractivity contribution is 7.98. The Bertz CT molecular complexity index is 391. The van der Waals surface area contributed by atoms with Gasteiger partial charge in [-0.25, -0.2) is 0 Å². The Morgan fingerprint density at radius 2 is 1.95 bits per heavy atom. The number of thioether (sulfide) groups is 1. The molecular formula is C13H18O5S. The standard InChI is InChI=1S/C13H18O5S/c1-18-11-4-2-9(3-5-11)7-19-8-10(13(16)17)6-12(14)15/h2-5,10,12,14-15H,6-8H2,1H3,(H,16,17)/t10-/m0/s1. The molecule has 0 saturated heterocycles. The molecule has 0 radical (unpaired) electrons. The number of aliphatic hydroxyl groups excluding tert-OH is 1. The minimum absolute atomic E-state index is 0.148. The fourth-order valence-electron chi connectivity index (χ4n) is 1.54. The molecule has 1 aromatic rings. The first kappa shape index (κ1) is 15.8. The van der Waals surface area contributed by atoms with Gasteiger partial charge in [-0.05, 0) is 17.7 Å². The summed E-state index contributed by atoms with van der Waals surface area (Å²) >= 11 is 1.45. The highest BCUT2D eigenvalue weighted by atomic mass is 32.2.